The zero-order valence-corrected chi connectivity index (χ0v) is 25.7. The van der Waals surface area contributed by atoms with E-state index >= 15 is 0 Å². The summed E-state index contributed by atoms with van der Waals surface area (Å²) in [6.45, 7) is 6.67. The molecule has 2 heterocycles. The van der Waals surface area contributed by atoms with Crippen LogP contribution in [0, 0.1) is 0 Å². The van der Waals surface area contributed by atoms with Gasteiger partial charge in [0.05, 0.1) is 17.1 Å². The number of nitrogens with zero attached hydrogens (tertiary/aromatic N) is 4. The first-order valence-corrected chi connectivity index (χ1v) is 15.6. The predicted octanol–water partition coefficient (Wildman–Crippen LogP) is 8.82. The number of carbonyl (C=O) groups excluding carboxylic acids is 1. The van der Waals surface area contributed by atoms with E-state index in [0.717, 1.165) is 33.8 Å². The standard InChI is InChI=1S/C38H32N4OS/c1-37(2,3)29-25-23-27(24-26-29)34-32-21-13-14-22-33(32)38(41(39-34)30-17-9-5-10-18-30)42(31-19-11-6-12-20-31)40-36(44-38)35(43)28-15-7-4-8-16-28/h4-26H,1-3H3/t38-/m0/s1. The summed E-state index contributed by atoms with van der Waals surface area (Å²) in [5, 5.41) is 14.9. The van der Waals surface area contributed by atoms with Gasteiger partial charge in [-0.25, -0.2) is 10.0 Å². The lowest BCUT2D eigenvalue weighted by Gasteiger charge is -2.47. The van der Waals surface area contributed by atoms with Crippen molar-refractivity contribution in [2.24, 2.45) is 10.2 Å². The normalized spacial score (nSPS) is 17.7. The number of benzene rings is 5. The number of thioether (sulfide) groups is 1. The van der Waals surface area contributed by atoms with Gasteiger partial charge in [-0.2, -0.15) is 10.2 Å². The minimum atomic E-state index is -1.01. The molecule has 0 radical (unpaired) electrons. The molecular formula is C38H32N4OS. The molecule has 0 N–H and O–H groups in total. The van der Waals surface area contributed by atoms with Crippen molar-refractivity contribution in [2.45, 2.75) is 31.2 Å². The highest BCUT2D eigenvalue weighted by Crippen LogP contribution is 2.55. The van der Waals surface area contributed by atoms with Crippen LogP contribution in [0.25, 0.3) is 0 Å². The van der Waals surface area contributed by atoms with Gasteiger partial charge in [0.1, 0.15) is 0 Å². The van der Waals surface area contributed by atoms with Gasteiger partial charge in [0.25, 0.3) is 0 Å². The second-order valence-electron chi connectivity index (χ2n) is 11.9. The summed E-state index contributed by atoms with van der Waals surface area (Å²) < 4.78 is 0. The average Bonchev–Trinajstić information content (AvgIpc) is 3.46. The van der Waals surface area contributed by atoms with Crippen molar-refractivity contribution in [1.29, 1.82) is 0 Å². The maximum Gasteiger partial charge on any atom is 0.234 e. The molecule has 216 valence electrons. The van der Waals surface area contributed by atoms with Crippen LogP contribution >= 0.6 is 11.8 Å². The van der Waals surface area contributed by atoms with Gasteiger partial charge >= 0.3 is 0 Å². The average molecular weight is 593 g/mol. The Hall–Kier alpha value is -4.94. The van der Waals surface area contributed by atoms with E-state index in [1.807, 2.05) is 94.9 Å². The van der Waals surface area contributed by atoms with Crippen molar-refractivity contribution in [3.05, 3.63) is 167 Å². The number of fused-ring (bicyclic) bond motifs is 2. The van der Waals surface area contributed by atoms with Crippen LogP contribution in [0.5, 0.6) is 0 Å². The summed E-state index contributed by atoms with van der Waals surface area (Å²) in [5.41, 5.74) is 7.55. The molecule has 5 aromatic carbocycles. The van der Waals surface area contributed by atoms with Gasteiger partial charge in [-0.05, 0) is 47.0 Å². The molecule has 7 rings (SSSR count). The summed E-state index contributed by atoms with van der Waals surface area (Å²) in [7, 11) is 0. The van der Waals surface area contributed by atoms with Crippen LogP contribution in [0.3, 0.4) is 0 Å². The summed E-state index contributed by atoms with van der Waals surface area (Å²) in [4.78, 5) is 13.0. The summed E-state index contributed by atoms with van der Waals surface area (Å²) >= 11 is 1.43. The lowest BCUT2D eigenvalue weighted by molar-refractivity contribution is 0.106. The molecule has 0 unspecified atom stereocenters. The molecule has 5 nitrogen and oxygen atoms in total. The maximum absolute atomic E-state index is 14.0. The Kier molecular flexibility index (Phi) is 6.94. The fourth-order valence-electron chi connectivity index (χ4n) is 5.72. The number of anilines is 2. The lowest BCUT2D eigenvalue weighted by atomic mass is 9.85. The molecule has 0 bridgehead atoms. The molecule has 0 saturated carbocycles. The minimum absolute atomic E-state index is 0.0423. The van der Waals surface area contributed by atoms with Gasteiger partial charge in [0, 0.05) is 22.3 Å². The molecule has 0 aromatic heterocycles. The second kappa shape index (κ2) is 11.0. The summed E-state index contributed by atoms with van der Waals surface area (Å²) in [5.74, 6) is -0.119. The largest absolute Gasteiger partial charge is 0.286 e. The SMILES string of the molecule is CC(C)(C)c1ccc(C2=NN(c3ccccc3)[C@@]3(SC(C(=O)c4ccccc4)=NN3c3ccccc3)c3ccccc32)cc1. The van der Waals surface area contributed by atoms with Crippen LogP contribution in [0.2, 0.25) is 0 Å². The molecule has 1 atom stereocenters. The van der Waals surface area contributed by atoms with Crippen LogP contribution in [-0.2, 0) is 10.4 Å². The molecule has 0 amide bonds. The molecule has 44 heavy (non-hydrogen) atoms. The van der Waals surface area contributed by atoms with E-state index in [-0.39, 0.29) is 11.2 Å². The third-order valence-electron chi connectivity index (χ3n) is 7.99. The first kappa shape index (κ1) is 27.9. The molecular weight excluding hydrogens is 561 g/mol. The molecule has 5 aromatic rings. The van der Waals surface area contributed by atoms with Crippen LogP contribution in [-0.4, -0.2) is 16.5 Å². The smallest absolute Gasteiger partial charge is 0.234 e. The number of rotatable bonds is 5. The topological polar surface area (TPSA) is 48.3 Å². The van der Waals surface area contributed by atoms with Crippen molar-refractivity contribution < 1.29 is 4.79 Å². The van der Waals surface area contributed by atoms with Gasteiger partial charge < -0.3 is 0 Å². The summed E-state index contributed by atoms with van der Waals surface area (Å²) in [6.07, 6.45) is 0. The van der Waals surface area contributed by atoms with E-state index in [2.05, 4.69) is 75.4 Å². The third kappa shape index (κ3) is 4.72. The second-order valence-corrected chi connectivity index (χ2v) is 13.1. The zero-order chi connectivity index (χ0) is 30.3. The molecule has 0 saturated heterocycles. The predicted molar refractivity (Wildman–Crippen MR) is 183 cm³/mol. The molecule has 2 aliphatic heterocycles. The number of Topliss-reactive ketones (excluding diaryl/α,β-unsaturated/α-hetero) is 1. The zero-order valence-electron chi connectivity index (χ0n) is 24.9. The minimum Gasteiger partial charge on any atom is -0.286 e. The quantitative estimate of drug-likeness (QED) is 0.191. The highest BCUT2D eigenvalue weighted by atomic mass is 32.2. The number of hydrogen-bond donors (Lipinski definition) is 0. The van der Waals surface area contributed by atoms with Gasteiger partial charge in [-0.1, -0.05) is 136 Å². The van der Waals surface area contributed by atoms with E-state index in [1.54, 1.807) is 0 Å². The first-order valence-electron chi connectivity index (χ1n) is 14.7. The Bertz CT molecular complexity index is 1880. The van der Waals surface area contributed by atoms with Crippen molar-refractivity contribution in [3.8, 4) is 0 Å². The van der Waals surface area contributed by atoms with Gasteiger partial charge in [-0.15, -0.1) is 0 Å². The van der Waals surface area contributed by atoms with Crippen LogP contribution in [0.4, 0.5) is 11.4 Å². The van der Waals surface area contributed by atoms with Gasteiger partial charge in [-0.3, -0.25) is 4.79 Å². The van der Waals surface area contributed by atoms with Crippen molar-refractivity contribution >= 4 is 39.7 Å². The molecule has 6 heteroatoms. The Morgan fingerprint density at radius 1 is 0.636 bits per heavy atom. The number of hydrogen-bond acceptors (Lipinski definition) is 6. The molecule has 0 aliphatic carbocycles. The van der Waals surface area contributed by atoms with E-state index in [9.17, 15) is 4.79 Å². The van der Waals surface area contributed by atoms with Crippen LogP contribution < -0.4 is 10.0 Å². The highest BCUT2D eigenvalue weighted by Gasteiger charge is 2.56. The number of para-hydroxylation sites is 2. The maximum atomic E-state index is 14.0. The molecule has 2 aliphatic rings. The van der Waals surface area contributed by atoms with Gasteiger partial charge in [0.15, 0.2) is 5.04 Å². The van der Waals surface area contributed by atoms with E-state index < -0.39 is 4.99 Å². The Morgan fingerprint density at radius 3 is 1.75 bits per heavy atom. The third-order valence-corrected chi connectivity index (χ3v) is 9.30. The number of hydrazone groups is 2. The van der Waals surface area contributed by atoms with Crippen molar-refractivity contribution in [2.75, 3.05) is 10.0 Å². The Balaban J connectivity index is 1.46. The van der Waals surface area contributed by atoms with E-state index in [1.165, 1.54) is 17.3 Å². The monoisotopic (exact) mass is 592 g/mol. The lowest BCUT2D eigenvalue weighted by Crippen LogP contribution is -2.54. The molecule has 1 spiro atoms. The number of carbonyl (C=O) groups is 1. The fraction of sp³-hybridized carbons (Fsp3) is 0.132. The van der Waals surface area contributed by atoms with Crippen molar-refractivity contribution in [3.63, 3.8) is 0 Å². The fourth-order valence-corrected chi connectivity index (χ4v) is 7.07. The van der Waals surface area contributed by atoms with E-state index in [4.69, 9.17) is 10.2 Å². The van der Waals surface area contributed by atoms with Crippen LogP contribution in [0.1, 0.15) is 53.4 Å². The Morgan fingerprint density at radius 2 is 1.16 bits per heavy atom. The van der Waals surface area contributed by atoms with Crippen molar-refractivity contribution in [1.82, 2.24) is 0 Å². The Labute approximate surface area is 262 Å². The van der Waals surface area contributed by atoms with Gasteiger partial charge in [0.2, 0.25) is 10.8 Å². The molecule has 0 fully saturated rings. The van der Waals surface area contributed by atoms with Crippen LogP contribution in [0.15, 0.2) is 150 Å². The first-order chi connectivity index (χ1) is 21.4. The van der Waals surface area contributed by atoms with E-state index in [0.29, 0.717) is 10.6 Å². The number of ketones is 1. The summed E-state index contributed by atoms with van der Waals surface area (Å²) in [6, 6.07) is 46.6. The highest BCUT2D eigenvalue weighted by molar-refractivity contribution is 8.17.